The van der Waals surface area contributed by atoms with Gasteiger partial charge in [-0.25, -0.2) is 4.90 Å². The van der Waals surface area contributed by atoms with E-state index in [0.29, 0.717) is 0 Å². The number of carbonyl (C=O) groups excluding carboxylic acids is 2. The van der Waals surface area contributed by atoms with E-state index in [1.54, 1.807) is 0 Å². The highest BCUT2D eigenvalue weighted by Gasteiger charge is 2.62. The molecule has 3 saturated heterocycles. The smallest absolute Gasteiger partial charge is 0.271 e. The fraction of sp³-hybridized carbons (Fsp3) is 0.429. The van der Waals surface area contributed by atoms with E-state index in [4.69, 9.17) is 4.74 Å². The molecule has 0 aliphatic carbocycles. The first kappa shape index (κ1) is 13.2. The van der Waals surface area contributed by atoms with Crippen LogP contribution in [0.3, 0.4) is 0 Å². The lowest BCUT2D eigenvalue weighted by Gasteiger charge is -2.18. The number of aromatic hydroxyl groups is 1. The van der Waals surface area contributed by atoms with E-state index in [1.165, 1.54) is 0 Å². The van der Waals surface area contributed by atoms with Gasteiger partial charge in [-0.15, -0.1) is 0 Å². The predicted molar refractivity (Wildman–Crippen MR) is 72.1 cm³/mol. The number of nitro groups is 1. The summed E-state index contributed by atoms with van der Waals surface area (Å²) in [4.78, 5) is 36.2. The van der Waals surface area contributed by atoms with Crippen LogP contribution >= 0.6 is 0 Å². The monoisotopic (exact) mass is 304 g/mol. The molecule has 0 radical (unpaired) electrons. The van der Waals surface area contributed by atoms with Gasteiger partial charge in [-0.3, -0.25) is 19.7 Å². The lowest BCUT2D eigenvalue weighted by atomic mass is 9.81. The number of anilines is 1. The van der Waals surface area contributed by atoms with E-state index >= 15 is 0 Å². The molecule has 8 nitrogen and oxygen atoms in total. The minimum absolute atomic E-state index is 0.127. The third-order valence-corrected chi connectivity index (χ3v) is 4.70. The number of non-ortho nitro benzene ring substituents is 1. The summed E-state index contributed by atoms with van der Waals surface area (Å²) in [5, 5.41) is 20.8. The summed E-state index contributed by atoms with van der Waals surface area (Å²) in [6.45, 7) is 0. The van der Waals surface area contributed by atoms with Gasteiger partial charge in [0.15, 0.2) is 0 Å². The molecule has 2 bridgehead atoms. The zero-order valence-corrected chi connectivity index (χ0v) is 11.3. The largest absolute Gasteiger partial charge is 0.506 e. The second-order valence-electron chi connectivity index (χ2n) is 5.78. The number of rotatable bonds is 2. The Hall–Kier alpha value is -2.48. The normalized spacial score (nSPS) is 32.6. The summed E-state index contributed by atoms with van der Waals surface area (Å²) >= 11 is 0. The Labute approximate surface area is 124 Å². The second-order valence-corrected chi connectivity index (χ2v) is 5.78. The van der Waals surface area contributed by atoms with Gasteiger partial charge in [0.05, 0.1) is 29.0 Å². The lowest BCUT2D eigenvalue weighted by Crippen LogP contribution is -2.34. The Balaban J connectivity index is 1.78. The molecule has 8 heteroatoms. The number of phenols is 1. The van der Waals surface area contributed by atoms with Gasteiger partial charge >= 0.3 is 0 Å². The standard InChI is InChI=1S/C14H12N2O6/c17-8-2-1-6(16(20)21)5-7(8)15-13(18)11-9-3-4-10(22-9)12(11)14(15)19/h1-2,5,9-12,17H,3-4H2/t9-,10-,11-,12+/m1/s1. The third kappa shape index (κ3) is 1.55. The van der Waals surface area contributed by atoms with Crippen molar-refractivity contribution in [2.75, 3.05) is 4.90 Å². The lowest BCUT2D eigenvalue weighted by molar-refractivity contribution is -0.384. The number of amides is 2. The zero-order chi connectivity index (χ0) is 15.6. The number of hydrogen-bond donors (Lipinski definition) is 1. The molecule has 0 unspecified atom stereocenters. The van der Waals surface area contributed by atoms with Crippen LogP contribution in [0.4, 0.5) is 11.4 Å². The topological polar surface area (TPSA) is 110 Å². The Kier molecular flexibility index (Phi) is 2.56. The van der Waals surface area contributed by atoms with Gasteiger partial charge in [0.25, 0.3) is 5.69 Å². The summed E-state index contributed by atoms with van der Waals surface area (Å²) in [7, 11) is 0. The molecular weight excluding hydrogens is 292 g/mol. The van der Waals surface area contributed by atoms with Crippen molar-refractivity contribution in [2.24, 2.45) is 11.8 Å². The Morgan fingerprint density at radius 2 is 1.77 bits per heavy atom. The van der Waals surface area contributed by atoms with Gasteiger partial charge in [-0.2, -0.15) is 0 Å². The number of benzene rings is 1. The molecule has 0 saturated carbocycles. The van der Waals surface area contributed by atoms with E-state index in [9.17, 15) is 24.8 Å². The van der Waals surface area contributed by atoms with Crippen LogP contribution in [0.15, 0.2) is 18.2 Å². The Morgan fingerprint density at radius 1 is 1.18 bits per heavy atom. The van der Waals surface area contributed by atoms with Gasteiger partial charge < -0.3 is 9.84 Å². The Bertz CT molecular complexity index is 689. The van der Waals surface area contributed by atoms with E-state index in [0.717, 1.165) is 35.9 Å². The first-order valence-corrected chi connectivity index (χ1v) is 6.99. The molecule has 1 aromatic carbocycles. The average Bonchev–Trinajstić information content (AvgIpc) is 3.14. The maximum Gasteiger partial charge on any atom is 0.271 e. The molecule has 3 aliphatic heterocycles. The fourth-order valence-electron chi connectivity index (χ4n) is 3.75. The number of phenolic OH excluding ortho intramolecular Hbond substituents is 1. The van der Waals surface area contributed by atoms with Gasteiger partial charge in [0.1, 0.15) is 11.4 Å². The van der Waals surface area contributed by atoms with Crippen LogP contribution in [0.1, 0.15) is 12.8 Å². The molecule has 2 amide bonds. The third-order valence-electron chi connectivity index (χ3n) is 4.70. The minimum Gasteiger partial charge on any atom is -0.506 e. The van der Waals surface area contributed by atoms with Crippen molar-refractivity contribution in [1.29, 1.82) is 0 Å². The van der Waals surface area contributed by atoms with Crippen molar-refractivity contribution in [1.82, 2.24) is 0 Å². The fourth-order valence-corrected chi connectivity index (χ4v) is 3.75. The van der Waals surface area contributed by atoms with Gasteiger partial charge in [0.2, 0.25) is 11.8 Å². The number of imide groups is 1. The number of ether oxygens (including phenoxy) is 1. The summed E-state index contributed by atoms with van der Waals surface area (Å²) < 4.78 is 5.62. The van der Waals surface area contributed by atoms with Gasteiger partial charge in [-0.1, -0.05) is 0 Å². The summed E-state index contributed by atoms with van der Waals surface area (Å²) in [5.74, 6) is -2.30. The summed E-state index contributed by atoms with van der Waals surface area (Å²) in [6.07, 6.45) is 0.939. The zero-order valence-electron chi connectivity index (χ0n) is 11.3. The molecule has 0 aromatic heterocycles. The van der Waals surface area contributed by atoms with Crippen molar-refractivity contribution < 1.29 is 24.4 Å². The van der Waals surface area contributed by atoms with Crippen LogP contribution in [0, 0.1) is 22.0 Å². The molecule has 0 spiro atoms. The van der Waals surface area contributed by atoms with Crippen molar-refractivity contribution in [3.05, 3.63) is 28.3 Å². The van der Waals surface area contributed by atoms with Crippen LogP contribution in [-0.2, 0) is 14.3 Å². The van der Waals surface area contributed by atoms with Gasteiger partial charge in [0, 0.05) is 12.1 Å². The summed E-state index contributed by atoms with van der Waals surface area (Å²) in [5.41, 5.74) is -0.414. The second kappa shape index (κ2) is 4.26. The van der Waals surface area contributed by atoms with Crippen LogP contribution < -0.4 is 4.90 Å². The molecule has 22 heavy (non-hydrogen) atoms. The van der Waals surface area contributed by atoms with Crippen LogP contribution in [0.2, 0.25) is 0 Å². The summed E-state index contributed by atoms with van der Waals surface area (Å²) in [6, 6.07) is 3.29. The first-order chi connectivity index (χ1) is 10.5. The molecule has 1 N–H and O–H groups in total. The highest BCUT2D eigenvalue weighted by molar-refractivity contribution is 6.23. The highest BCUT2D eigenvalue weighted by atomic mass is 16.6. The van der Waals surface area contributed by atoms with Crippen molar-refractivity contribution in [2.45, 2.75) is 25.0 Å². The van der Waals surface area contributed by atoms with Crippen molar-refractivity contribution in [3.63, 3.8) is 0 Å². The molecular formula is C14H12N2O6. The van der Waals surface area contributed by atoms with E-state index < -0.39 is 28.6 Å². The molecule has 1 aromatic rings. The molecule has 3 heterocycles. The minimum atomic E-state index is -0.637. The first-order valence-electron chi connectivity index (χ1n) is 6.99. The number of carbonyl (C=O) groups is 2. The molecule has 4 rings (SSSR count). The molecule has 3 aliphatic rings. The average molecular weight is 304 g/mol. The highest BCUT2D eigenvalue weighted by Crippen LogP contribution is 2.50. The maximum atomic E-state index is 12.6. The number of nitrogens with zero attached hydrogens (tertiary/aromatic N) is 2. The quantitative estimate of drug-likeness (QED) is 0.495. The maximum absolute atomic E-state index is 12.6. The van der Waals surface area contributed by atoms with E-state index in [-0.39, 0.29) is 29.3 Å². The number of fused-ring (bicyclic) bond motifs is 5. The van der Waals surface area contributed by atoms with Crippen LogP contribution in [0.25, 0.3) is 0 Å². The number of hydrogen-bond acceptors (Lipinski definition) is 6. The predicted octanol–water partition coefficient (Wildman–Crippen LogP) is 0.967. The molecule has 4 atom stereocenters. The molecule has 114 valence electrons. The number of nitro benzene ring substituents is 1. The molecule has 3 fully saturated rings. The van der Waals surface area contributed by atoms with Gasteiger partial charge in [-0.05, 0) is 18.9 Å². The van der Waals surface area contributed by atoms with Crippen molar-refractivity contribution in [3.8, 4) is 5.75 Å². The van der Waals surface area contributed by atoms with E-state index in [2.05, 4.69) is 0 Å². The Morgan fingerprint density at radius 3 is 2.32 bits per heavy atom. The van der Waals surface area contributed by atoms with Crippen molar-refractivity contribution >= 4 is 23.2 Å². The van der Waals surface area contributed by atoms with Crippen LogP contribution in [-0.4, -0.2) is 34.1 Å². The van der Waals surface area contributed by atoms with Crippen LogP contribution in [0.5, 0.6) is 5.75 Å². The SMILES string of the molecule is O=C1[C@@H]2[C@H](C(=O)N1c1cc([N+](=O)[O-])ccc1O)[C@H]1CC[C@H]2O1. The van der Waals surface area contributed by atoms with E-state index in [1.807, 2.05) is 0 Å².